The molecule has 0 aliphatic carbocycles. The van der Waals surface area contributed by atoms with Crippen LogP contribution in [0, 0.1) is 6.92 Å². The number of aromatic hydroxyl groups is 1. The molecule has 0 saturated heterocycles. The van der Waals surface area contributed by atoms with Crippen LogP contribution < -0.4 is 15.8 Å². The second kappa shape index (κ2) is 6.62. The van der Waals surface area contributed by atoms with Gasteiger partial charge in [0.1, 0.15) is 11.5 Å². The van der Waals surface area contributed by atoms with Crippen molar-refractivity contribution in [3.63, 3.8) is 0 Å². The van der Waals surface area contributed by atoms with Crippen LogP contribution in [-0.2, 0) is 4.79 Å². The molecule has 0 radical (unpaired) electrons. The molecule has 2 aromatic rings. The predicted molar refractivity (Wildman–Crippen MR) is 81.9 cm³/mol. The van der Waals surface area contributed by atoms with Crippen molar-refractivity contribution in [1.29, 1.82) is 0 Å². The fraction of sp³-hybridized carbons (Fsp3) is 0.125. The lowest BCUT2D eigenvalue weighted by atomic mass is 10.1. The van der Waals surface area contributed by atoms with Gasteiger partial charge in [-0.05, 0) is 43.3 Å². The maximum Gasteiger partial charge on any atom is 0.259 e. The highest BCUT2D eigenvalue weighted by Crippen LogP contribution is 2.21. The summed E-state index contributed by atoms with van der Waals surface area (Å²) in [5.74, 6) is -0.584. The largest absolute Gasteiger partial charge is 0.507 e. The molecule has 6 heteroatoms. The first-order valence-corrected chi connectivity index (χ1v) is 6.58. The summed E-state index contributed by atoms with van der Waals surface area (Å²) in [7, 11) is 0. The van der Waals surface area contributed by atoms with Crippen LogP contribution in [-0.4, -0.2) is 23.5 Å². The van der Waals surface area contributed by atoms with Crippen molar-refractivity contribution in [2.24, 2.45) is 5.73 Å². The Hall–Kier alpha value is -3.02. The van der Waals surface area contributed by atoms with Gasteiger partial charge in [-0.25, -0.2) is 0 Å². The van der Waals surface area contributed by atoms with E-state index in [0.717, 1.165) is 5.56 Å². The molecule has 0 aromatic heterocycles. The number of carbonyl (C=O) groups is 2. The number of nitrogens with two attached hydrogens (primary N) is 1. The van der Waals surface area contributed by atoms with Gasteiger partial charge in [0.05, 0.1) is 5.56 Å². The molecule has 2 rings (SSSR count). The third-order valence-corrected chi connectivity index (χ3v) is 2.89. The zero-order chi connectivity index (χ0) is 16.1. The van der Waals surface area contributed by atoms with Gasteiger partial charge in [0.25, 0.3) is 11.8 Å². The number of phenolic OH excluding ortho intramolecular Hbond substituents is 1. The molecule has 4 N–H and O–H groups in total. The summed E-state index contributed by atoms with van der Waals surface area (Å²) in [6, 6.07) is 11.3. The summed E-state index contributed by atoms with van der Waals surface area (Å²) in [5, 5.41) is 12.4. The first-order chi connectivity index (χ1) is 10.5. The lowest BCUT2D eigenvalue weighted by molar-refractivity contribution is -0.119. The van der Waals surface area contributed by atoms with Gasteiger partial charge in [0.15, 0.2) is 6.61 Å². The highest BCUT2D eigenvalue weighted by Gasteiger charge is 2.11. The van der Waals surface area contributed by atoms with Crippen LogP contribution in [0.15, 0.2) is 42.5 Å². The third kappa shape index (κ3) is 3.99. The summed E-state index contributed by atoms with van der Waals surface area (Å²) >= 11 is 0. The van der Waals surface area contributed by atoms with Gasteiger partial charge in [-0.3, -0.25) is 9.59 Å². The molecule has 0 atom stereocenters. The van der Waals surface area contributed by atoms with E-state index in [2.05, 4.69) is 5.32 Å². The van der Waals surface area contributed by atoms with Crippen LogP contribution in [0.25, 0.3) is 0 Å². The minimum absolute atomic E-state index is 0.0792. The molecule has 6 nitrogen and oxygen atoms in total. The summed E-state index contributed by atoms with van der Waals surface area (Å²) in [6.07, 6.45) is 0. The Morgan fingerprint density at radius 1 is 1.18 bits per heavy atom. The normalized spacial score (nSPS) is 10.0. The Morgan fingerprint density at radius 3 is 2.50 bits per heavy atom. The quantitative estimate of drug-likeness (QED) is 0.783. The molecule has 0 aliphatic rings. The highest BCUT2D eigenvalue weighted by molar-refractivity contribution is 6.06. The molecular formula is C16H16N2O4. The minimum Gasteiger partial charge on any atom is -0.507 e. The van der Waals surface area contributed by atoms with Gasteiger partial charge in [-0.2, -0.15) is 0 Å². The molecule has 0 spiro atoms. The number of primary amides is 1. The van der Waals surface area contributed by atoms with Crippen LogP contribution in [0.2, 0.25) is 0 Å². The second-order valence-electron chi connectivity index (χ2n) is 4.75. The van der Waals surface area contributed by atoms with Crippen molar-refractivity contribution >= 4 is 17.5 Å². The summed E-state index contributed by atoms with van der Waals surface area (Å²) in [4.78, 5) is 22.7. The number of benzene rings is 2. The molecule has 0 unspecified atom stereocenters. The van der Waals surface area contributed by atoms with Gasteiger partial charge in [-0.15, -0.1) is 0 Å². The number of rotatable bonds is 5. The van der Waals surface area contributed by atoms with Crippen LogP contribution >= 0.6 is 0 Å². The van der Waals surface area contributed by atoms with E-state index in [4.69, 9.17) is 10.5 Å². The maximum absolute atomic E-state index is 12.1. The third-order valence-electron chi connectivity index (χ3n) is 2.89. The van der Waals surface area contributed by atoms with Gasteiger partial charge in [-0.1, -0.05) is 11.6 Å². The molecule has 0 bridgehead atoms. The van der Waals surface area contributed by atoms with Crippen LogP contribution in [0.5, 0.6) is 11.5 Å². The van der Waals surface area contributed by atoms with Gasteiger partial charge in [0.2, 0.25) is 0 Å². The van der Waals surface area contributed by atoms with Crippen molar-refractivity contribution < 1.29 is 19.4 Å². The number of hydrogen-bond donors (Lipinski definition) is 3. The lowest BCUT2D eigenvalue weighted by Crippen LogP contribution is -2.20. The monoisotopic (exact) mass is 300 g/mol. The number of phenols is 1. The average Bonchev–Trinajstić information content (AvgIpc) is 2.49. The number of aryl methyl sites for hydroxylation is 1. The van der Waals surface area contributed by atoms with Crippen molar-refractivity contribution in [3.8, 4) is 11.5 Å². The van der Waals surface area contributed by atoms with Crippen LogP contribution in [0.3, 0.4) is 0 Å². The van der Waals surface area contributed by atoms with Crippen molar-refractivity contribution in [1.82, 2.24) is 0 Å². The second-order valence-corrected chi connectivity index (χ2v) is 4.75. The standard InChI is InChI=1S/C16H16N2O4/c1-10-2-7-14(19)13(8-10)16(21)18-11-3-5-12(6-4-11)22-9-15(17)20/h2-8,19H,9H2,1H3,(H2,17,20)(H,18,21). The minimum atomic E-state index is -0.563. The number of ether oxygens (including phenoxy) is 1. The molecule has 0 heterocycles. The molecule has 0 saturated carbocycles. The van der Waals surface area contributed by atoms with Crippen LogP contribution in [0.4, 0.5) is 5.69 Å². The van der Waals surface area contributed by atoms with Crippen molar-refractivity contribution in [2.45, 2.75) is 6.92 Å². The van der Waals surface area contributed by atoms with Crippen molar-refractivity contribution in [3.05, 3.63) is 53.6 Å². The molecule has 2 amide bonds. The average molecular weight is 300 g/mol. The number of amides is 2. The molecule has 0 fully saturated rings. The van der Waals surface area contributed by atoms with E-state index < -0.39 is 11.8 Å². The number of nitrogens with one attached hydrogen (secondary N) is 1. The summed E-state index contributed by atoms with van der Waals surface area (Å²) in [5.41, 5.74) is 6.60. The Labute approximate surface area is 127 Å². The molecule has 2 aromatic carbocycles. The maximum atomic E-state index is 12.1. The highest BCUT2D eigenvalue weighted by atomic mass is 16.5. The molecule has 114 valence electrons. The molecule has 22 heavy (non-hydrogen) atoms. The Kier molecular flexibility index (Phi) is 4.63. The summed E-state index contributed by atoms with van der Waals surface area (Å²) < 4.78 is 5.12. The Morgan fingerprint density at radius 2 is 1.86 bits per heavy atom. The van der Waals surface area contributed by atoms with Gasteiger partial charge < -0.3 is 20.9 Å². The Bertz CT molecular complexity index is 696. The van der Waals surface area contributed by atoms with E-state index in [0.29, 0.717) is 11.4 Å². The van der Waals surface area contributed by atoms with E-state index >= 15 is 0 Å². The smallest absolute Gasteiger partial charge is 0.259 e. The van der Waals surface area contributed by atoms with Gasteiger partial charge >= 0.3 is 0 Å². The fourth-order valence-corrected chi connectivity index (χ4v) is 1.82. The first-order valence-electron chi connectivity index (χ1n) is 6.58. The Balaban J connectivity index is 2.05. The number of carbonyl (C=O) groups excluding carboxylic acids is 2. The van der Waals surface area contributed by atoms with E-state index in [1.165, 1.54) is 6.07 Å². The lowest BCUT2D eigenvalue weighted by Gasteiger charge is -2.09. The zero-order valence-corrected chi connectivity index (χ0v) is 12.0. The number of anilines is 1. The van der Waals surface area contributed by atoms with Crippen molar-refractivity contribution in [2.75, 3.05) is 11.9 Å². The number of hydrogen-bond acceptors (Lipinski definition) is 4. The topological polar surface area (TPSA) is 102 Å². The van der Waals surface area contributed by atoms with Crippen LogP contribution in [0.1, 0.15) is 15.9 Å². The molecular weight excluding hydrogens is 284 g/mol. The summed E-state index contributed by atoms with van der Waals surface area (Å²) in [6.45, 7) is 1.63. The van der Waals surface area contributed by atoms with E-state index in [1.807, 2.05) is 6.92 Å². The fourth-order valence-electron chi connectivity index (χ4n) is 1.82. The van der Waals surface area contributed by atoms with E-state index in [9.17, 15) is 14.7 Å². The zero-order valence-electron chi connectivity index (χ0n) is 12.0. The van der Waals surface area contributed by atoms with E-state index in [1.54, 1.807) is 36.4 Å². The van der Waals surface area contributed by atoms with E-state index in [-0.39, 0.29) is 17.9 Å². The van der Waals surface area contributed by atoms with Gasteiger partial charge in [0, 0.05) is 5.69 Å². The first kappa shape index (κ1) is 15.4. The SMILES string of the molecule is Cc1ccc(O)c(C(=O)Nc2ccc(OCC(N)=O)cc2)c1. The predicted octanol–water partition coefficient (Wildman–Crippen LogP) is 1.82. The molecule has 0 aliphatic heterocycles.